The van der Waals surface area contributed by atoms with E-state index in [1.54, 1.807) is 24.5 Å². The summed E-state index contributed by atoms with van der Waals surface area (Å²) in [5, 5.41) is 8.38. The highest BCUT2D eigenvalue weighted by molar-refractivity contribution is 5.98. The predicted octanol–water partition coefficient (Wildman–Crippen LogP) is 2.05. The first-order valence-electron chi connectivity index (χ1n) is 4.64. The Hall–Kier alpha value is -2.15. The van der Waals surface area contributed by atoms with Crippen molar-refractivity contribution in [3.63, 3.8) is 0 Å². The van der Waals surface area contributed by atoms with Crippen LogP contribution in [0.25, 0.3) is 11.0 Å². The van der Waals surface area contributed by atoms with Crippen LogP contribution in [0.2, 0.25) is 0 Å². The third kappa shape index (κ3) is 1.86. The highest BCUT2D eigenvalue weighted by Gasteiger charge is 2.06. The van der Waals surface area contributed by atoms with E-state index in [4.69, 9.17) is 5.26 Å². The normalized spacial score (nSPS) is 10.1. The molecule has 0 amide bonds. The molecule has 0 spiro atoms. The van der Waals surface area contributed by atoms with Crippen molar-refractivity contribution in [1.29, 1.82) is 5.26 Å². The summed E-state index contributed by atoms with van der Waals surface area (Å²) in [5.74, 6) is -0.00644. The third-order valence-electron chi connectivity index (χ3n) is 2.21. The van der Waals surface area contributed by atoms with E-state index in [1.807, 2.05) is 6.07 Å². The minimum Gasteiger partial charge on any atom is -0.345 e. The van der Waals surface area contributed by atoms with Crippen LogP contribution >= 0.6 is 0 Å². The predicted molar refractivity (Wildman–Crippen MR) is 55.3 cm³/mol. The van der Waals surface area contributed by atoms with Crippen LogP contribution in [-0.4, -0.2) is 15.8 Å². The van der Waals surface area contributed by atoms with Crippen molar-refractivity contribution in [1.82, 2.24) is 9.97 Å². The zero-order chi connectivity index (χ0) is 10.7. The van der Waals surface area contributed by atoms with Gasteiger partial charge in [-0.2, -0.15) is 5.26 Å². The van der Waals surface area contributed by atoms with Gasteiger partial charge in [0.15, 0.2) is 5.78 Å². The fourth-order valence-electron chi connectivity index (χ4n) is 1.42. The van der Waals surface area contributed by atoms with E-state index < -0.39 is 0 Å². The Morgan fingerprint density at radius 3 is 3.20 bits per heavy atom. The molecule has 1 aromatic carbocycles. The molecule has 0 aliphatic carbocycles. The molecule has 0 bridgehead atoms. The van der Waals surface area contributed by atoms with Gasteiger partial charge in [0.05, 0.1) is 23.4 Å². The molecule has 4 heteroatoms. The number of fused-ring (bicyclic) bond motifs is 1. The molecule has 0 saturated carbocycles. The number of aromatic amines is 1. The summed E-state index contributed by atoms with van der Waals surface area (Å²) in [7, 11) is 0. The van der Waals surface area contributed by atoms with Gasteiger partial charge < -0.3 is 4.98 Å². The highest BCUT2D eigenvalue weighted by Crippen LogP contribution is 2.13. The molecule has 0 unspecified atom stereocenters. The molecule has 1 N–H and O–H groups in total. The monoisotopic (exact) mass is 199 g/mol. The molecule has 2 aromatic rings. The second-order valence-electron chi connectivity index (χ2n) is 3.22. The van der Waals surface area contributed by atoms with Crippen LogP contribution in [0.15, 0.2) is 24.5 Å². The number of nitrogens with one attached hydrogen (secondary N) is 1. The largest absolute Gasteiger partial charge is 0.345 e. The Bertz CT molecular complexity index is 536. The smallest absolute Gasteiger partial charge is 0.163 e. The molecule has 4 nitrogen and oxygen atoms in total. The molecule has 74 valence electrons. The zero-order valence-electron chi connectivity index (χ0n) is 8.03. The van der Waals surface area contributed by atoms with Gasteiger partial charge in [-0.25, -0.2) is 4.98 Å². The lowest BCUT2D eigenvalue weighted by Gasteiger charge is -1.97. The van der Waals surface area contributed by atoms with Crippen molar-refractivity contribution in [2.75, 3.05) is 0 Å². The molecule has 0 saturated heterocycles. The summed E-state index contributed by atoms with van der Waals surface area (Å²) in [4.78, 5) is 18.6. The Balaban J connectivity index is 2.28. The number of Topliss-reactive ketones (excluding diaryl/α,β-unsaturated/α-hetero) is 1. The number of hydrogen-bond acceptors (Lipinski definition) is 3. The molecule has 1 aromatic heterocycles. The lowest BCUT2D eigenvalue weighted by Crippen LogP contribution is -1.97. The summed E-state index contributed by atoms with van der Waals surface area (Å²) in [5.41, 5.74) is 2.31. The molecule has 0 aliphatic heterocycles. The number of imidazole rings is 1. The summed E-state index contributed by atoms with van der Waals surface area (Å²) in [6.07, 6.45) is 2.13. The lowest BCUT2D eigenvalue weighted by molar-refractivity contribution is 0.0984. The maximum absolute atomic E-state index is 11.6. The molecule has 2 rings (SSSR count). The highest BCUT2D eigenvalue weighted by atomic mass is 16.1. The van der Waals surface area contributed by atoms with Crippen LogP contribution in [0, 0.1) is 11.3 Å². The van der Waals surface area contributed by atoms with Gasteiger partial charge in [-0.15, -0.1) is 0 Å². The maximum Gasteiger partial charge on any atom is 0.163 e. The second-order valence-corrected chi connectivity index (χ2v) is 3.22. The Morgan fingerprint density at radius 1 is 1.53 bits per heavy atom. The van der Waals surface area contributed by atoms with Crippen LogP contribution in [0.1, 0.15) is 23.2 Å². The maximum atomic E-state index is 11.6. The van der Waals surface area contributed by atoms with E-state index in [2.05, 4.69) is 9.97 Å². The number of carbonyl (C=O) groups excluding carboxylic acids is 1. The Kier molecular flexibility index (Phi) is 2.46. The van der Waals surface area contributed by atoms with Gasteiger partial charge in [0.2, 0.25) is 0 Å². The first kappa shape index (κ1) is 9.41. The minimum atomic E-state index is -0.00644. The fourth-order valence-corrected chi connectivity index (χ4v) is 1.42. The number of rotatable bonds is 3. The van der Waals surface area contributed by atoms with Crippen molar-refractivity contribution in [2.24, 2.45) is 0 Å². The van der Waals surface area contributed by atoms with Gasteiger partial charge in [0.25, 0.3) is 0 Å². The summed E-state index contributed by atoms with van der Waals surface area (Å²) in [6, 6.07) is 7.26. The van der Waals surface area contributed by atoms with Gasteiger partial charge in [-0.05, 0) is 18.2 Å². The molecule has 0 aliphatic rings. The zero-order valence-corrected chi connectivity index (χ0v) is 8.03. The van der Waals surface area contributed by atoms with Crippen molar-refractivity contribution >= 4 is 16.8 Å². The number of nitriles is 1. The van der Waals surface area contributed by atoms with Crippen molar-refractivity contribution in [3.8, 4) is 6.07 Å². The van der Waals surface area contributed by atoms with E-state index in [0.29, 0.717) is 5.56 Å². The van der Waals surface area contributed by atoms with Gasteiger partial charge in [-0.1, -0.05) is 0 Å². The van der Waals surface area contributed by atoms with Gasteiger partial charge >= 0.3 is 0 Å². The van der Waals surface area contributed by atoms with E-state index in [9.17, 15) is 4.79 Å². The molecule has 15 heavy (non-hydrogen) atoms. The third-order valence-corrected chi connectivity index (χ3v) is 2.21. The lowest BCUT2D eigenvalue weighted by atomic mass is 10.1. The van der Waals surface area contributed by atoms with Crippen molar-refractivity contribution in [2.45, 2.75) is 12.8 Å². The van der Waals surface area contributed by atoms with E-state index in [0.717, 1.165) is 11.0 Å². The number of aromatic nitrogens is 2. The van der Waals surface area contributed by atoms with Crippen molar-refractivity contribution in [3.05, 3.63) is 30.1 Å². The molecule has 0 radical (unpaired) electrons. The standard InChI is InChI=1S/C11H9N3O/c12-5-1-2-11(15)8-3-4-9-10(6-8)14-7-13-9/h3-4,6-7H,1-2H2,(H,13,14). The Labute approximate surface area is 86.6 Å². The van der Waals surface area contributed by atoms with Crippen LogP contribution in [0.5, 0.6) is 0 Å². The first-order valence-corrected chi connectivity index (χ1v) is 4.64. The topological polar surface area (TPSA) is 69.5 Å². The number of hydrogen-bond donors (Lipinski definition) is 1. The number of H-pyrrole nitrogens is 1. The van der Waals surface area contributed by atoms with Gasteiger partial charge in [0.1, 0.15) is 0 Å². The summed E-state index contributed by atoms with van der Waals surface area (Å²) >= 11 is 0. The SMILES string of the molecule is N#CCCC(=O)c1ccc2nc[nH]c2c1. The summed E-state index contributed by atoms with van der Waals surface area (Å²) < 4.78 is 0. The van der Waals surface area contributed by atoms with Gasteiger partial charge in [-0.3, -0.25) is 4.79 Å². The fraction of sp³-hybridized carbons (Fsp3) is 0.182. The van der Waals surface area contributed by atoms with Crippen molar-refractivity contribution < 1.29 is 4.79 Å². The van der Waals surface area contributed by atoms with Crippen LogP contribution in [0.3, 0.4) is 0 Å². The van der Waals surface area contributed by atoms with E-state index in [-0.39, 0.29) is 18.6 Å². The Morgan fingerprint density at radius 2 is 2.40 bits per heavy atom. The van der Waals surface area contributed by atoms with Crippen LogP contribution in [0.4, 0.5) is 0 Å². The van der Waals surface area contributed by atoms with E-state index in [1.165, 1.54) is 0 Å². The number of benzene rings is 1. The van der Waals surface area contributed by atoms with Gasteiger partial charge in [0, 0.05) is 18.4 Å². The average Bonchev–Trinajstić information content (AvgIpc) is 2.72. The molecule has 0 atom stereocenters. The molecular weight excluding hydrogens is 190 g/mol. The molecule has 0 fully saturated rings. The van der Waals surface area contributed by atoms with Crippen LogP contribution in [-0.2, 0) is 0 Å². The van der Waals surface area contributed by atoms with Crippen LogP contribution < -0.4 is 0 Å². The summed E-state index contributed by atoms with van der Waals surface area (Å²) in [6.45, 7) is 0. The number of nitrogens with zero attached hydrogens (tertiary/aromatic N) is 2. The molecular formula is C11H9N3O. The number of ketones is 1. The average molecular weight is 199 g/mol. The number of carbonyl (C=O) groups is 1. The second kappa shape index (κ2) is 3.93. The first-order chi connectivity index (χ1) is 7.31. The minimum absolute atomic E-state index is 0.00644. The van der Waals surface area contributed by atoms with E-state index >= 15 is 0 Å². The quantitative estimate of drug-likeness (QED) is 0.769. The molecule has 1 heterocycles.